The first-order chi connectivity index (χ1) is 9.72. The Kier molecular flexibility index (Phi) is 3.66. The van der Waals surface area contributed by atoms with Gasteiger partial charge in [0.25, 0.3) is 0 Å². The van der Waals surface area contributed by atoms with E-state index in [1.165, 1.54) is 19.3 Å². The van der Waals surface area contributed by atoms with Crippen LogP contribution in [0.4, 0.5) is 10.5 Å². The average molecular weight is 274 g/mol. The number of hydrogen-bond acceptors (Lipinski definition) is 3. The Morgan fingerprint density at radius 1 is 1.10 bits per heavy atom. The predicted octanol–water partition coefficient (Wildman–Crippen LogP) is 3.19. The van der Waals surface area contributed by atoms with Crippen molar-refractivity contribution in [2.45, 2.75) is 50.7 Å². The van der Waals surface area contributed by atoms with Crippen LogP contribution < -0.4 is 10.6 Å². The highest BCUT2D eigenvalue weighted by atomic mass is 16.6. The molecule has 2 aliphatic rings. The second-order valence-electron chi connectivity index (χ2n) is 5.88. The van der Waals surface area contributed by atoms with Crippen LogP contribution in [0.5, 0.6) is 0 Å². The smallest absolute Gasteiger partial charge is 0.414 e. The molecule has 1 aromatic carbocycles. The van der Waals surface area contributed by atoms with Gasteiger partial charge in [-0.15, -0.1) is 0 Å². The van der Waals surface area contributed by atoms with Crippen molar-refractivity contribution in [1.82, 2.24) is 0 Å². The number of rotatable bonds is 2. The summed E-state index contributed by atoms with van der Waals surface area (Å²) in [5.41, 5.74) is 7.39. The quantitative estimate of drug-likeness (QED) is 0.901. The van der Waals surface area contributed by atoms with Gasteiger partial charge in [-0.2, -0.15) is 0 Å². The minimum absolute atomic E-state index is 0.178. The molecule has 4 heteroatoms. The number of carbonyl (C=O) groups is 1. The molecule has 4 nitrogen and oxygen atoms in total. The Labute approximate surface area is 119 Å². The van der Waals surface area contributed by atoms with E-state index < -0.39 is 0 Å². The zero-order valence-corrected chi connectivity index (χ0v) is 11.8. The molecule has 0 radical (unpaired) electrons. The molecule has 1 heterocycles. The highest BCUT2D eigenvalue weighted by Gasteiger charge is 2.41. The fourth-order valence-electron chi connectivity index (χ4n) is 3.29. The zero-order valence-electron chi connectivity index (χ0n) is 11.8. The number of benzene rings is 1. The van der Waals surface area contributed by atoms with E-state index in [1.54, 1.807) is 4.90 Å². The molecule has 0 unspecified atom stereocenters. The number of ether oxygens (including phenoxy) is 1. The van der Waals surface area contributed by atoms with Gasteiger partial charge >= 0.3 is 6.09 Å². The summed E-state index contributed by atoms with van der Waals surface area (Å²) >= 11 is 0. The maximum absolute atomic E-state index is 12.3. The van der Waals surface area contributed by atoms with Crippen molar-refractivity contribution in [3.63, 3.8) is 0 Å². The second-order valence-corrected chi connectivity index (χ2v) is 5.88. The predicted molar refractivity (Wildman–Crippen MR) is 78.6 cm³/mol. The van der Waals surface area contributed by atoms with E-state index in [0.717, 1.165) is 37.1 Å². The van der Waals surface area contributed by atoms with Crippen LogP contribution in [0.25, 0.3) is 0 Å². The maximum atomic E-state index is 12.3. The van der Waals surface area contributed by atoms with Crippen molar-refractivity contribution in [3.8, 4) is 0 Å². The van der Waals surface area contributed by atoms with E-state index >= 15 is 0 Å². The van der Waals surface area contributed by atoms with E-state index in [9.17, 15) is 4.79 Å². The van der Waals surface area contributed by atoms with Gasteiger partial charge < -0.3 is 10.5 Å². The third-order valence-corrected chi connectivity index (χ3v) is 4.56. The standard InChI is InChI=1S/C16H22N2O2/c17-12-13-4-6-14(7-5-13)18-11-10-16(20-15(18)19)8-2-1-3-9-16/h4-7H,1-3,8-12,17H2. The molecule has 2 fully saturated rings. The van der Waals surface area contributed by atoms with Gasteiger partial charge in [0.15, 0.2) is 0 Å². The summed E-state index contributed by atoms with van der Waals surface area (Å²) < 4.78 is 5.80. The molecule has 1 saturated carbocycles. The minimum atomic E-state index is -0.196. The first-order valence-electron chi connectivity index (χ1n) is 7.52. The fourth-order valence-corrected chi connectivity index (χ4v) is 3.29. The lowest BCUT2D eigenvalue weighted by molar-refractivity contribution is -0.0309. The van der Waals surface area contributed by atoms with Crippen molar-refractivity contribution in [2.24, 2.45) is 5.73 Å². The number of hydrogen-bond donors (Lipinski definition) is 1. The lowest BCUT2D eigenvalue weighted by Crippen LogP contribution is -2.50. The molecule has 108 valence electrons. The molecule has 1 aliphatic heterocycles. The van der Waals surface area contributed by atoms with Crippen LogP contribution in [-0.4, -0.2) is 18.2 Å². The number of nitrogens with zero attached hydrogens (tertiary/aromatic N) is 1. The first kappa shape index (κ1) is 13.4. The molecule has 1 aliphatic carbocycles. The molecule has 2 N–H and O–H groups in total. The molecule has 0 bridgehead atoms. The van der Waals surface area contributed by atoms with Crippen molar-refractivity contribution in [2.75, 3.05) is 11.4 Å². The molecule has 1 amide bonds. The molecular formula is C16H22N2O2. The number of nitrogens with two attached hydrogens (primary N) is 1. The van der Waals surface area contributed by atoms with E-state index in [4.69, 9.17) is 10.5 Å². The molecule has 1 aromatic rings. The monoisotopic (exact) mass is 274 g/mol. The van der Waals surface area contributed by atoms with Gasteiger partial charge in [-0.3, -0.25) is 4.90 Å². The van der Waals surface area contributed by atoms with Crippen molar-refractivity contribution >= 4 is 11.8 Å². The Morgan fingerprint density at radius 3 is 2.40 bits per heavy atom. The molecular weight excluding hydrogens is 252 g/mol. The van der Waals surface area contributed by atoms with E-state index in [1.807, 2.05) is 24.3 Å². The largest absolute Gasteiger partial charge is 0.442 e. The Balaban J connectivity index is 1.72. The van der Waals surface area contributed by atoms with Crippen LogP contribution in [0, 0.1) is 0 Å². The minimum Gasteiger partial charge on any atom is -0.442 e. The molecule has 3 rings (SSSR count). The van der Waals surface area contributed by atoms with Crippen LogP contribution in [0.1, 0.15) is 44.1 Å². The van der Waals surface area contributed by atoms with Gasteiger partial charge in [0, 0.05) is 25.2 Å². The van der Waals surface area contributed by atoms with Gasteiger partial charge in [-0.1, -0.05) is 18.6 Å². The number of amides is 1. The van der Waals surface area contributed by atoms with Crippen molar-refractivity contribution in [3.05, 3.63) is 29.8 Å². The second kappa shape index (κ2) is 5.44. The summed E-state index contributed by atoms with van der Waals surface area (Å²) in [5, 5.41) is 0. The van der Waals surface area contributed by atoms with E-state index in [-0.39, 0.29) is 11.7 Å². The summed E-state index contributed by atoms with van der Waals surface area (Å²) in [6.07, 6.45) is 6.42. The summed E-state index contributed by atoms with van der Waals surface area (Å²) in [6, 6.07) is 7.83. The molecule has 0 aromatic heterocycles. The normalized spacial score (nSPS) is 21.9. The topological polar surface area (TPSA) is 55.6 Å². The van der Waals surface area contributed by atoms with Gasteiger partial charge in [0.2, 0.25) is 0 Å². The molecule has 0 atom stereocenters. The van der Waals surface area contributed by atoms with E-state index in [2.05, 4.69) is 0 Å². The van der Waals surface area contributed by atoms with E-state index in [0.29, 0.717) is 6.54 Å². The van der Waals surface area contributed by atoms with Crippen LogP contribution in [0.15, 0.2) is 24.3 Å². The first-order valence-corrected chi connectivity index (χ1v) is 7.52. The third-order valence-electron chi connectivity index (χ3n) is 4.56. The van der Waals surface area contributed by atoms with Crippen LogP contribution in [0.3, 0.4) is 0 Å². The third kappa shape index (κ3) is 2.52. The Hall–Kier alpha value is -1.55. The molecule has 1 spiro atoms. The zero-order chi connectivity index (χ0) is 14.0. The fraction of sp³-hybridized carbons (Fsp3) is 0.562. The molecule has 1 saturated heterocycles. The highest BCUT2D eigenvalue weighted by molar-refractivity contribution is 5.88. The van der Waals surface area contributed by atoms with Crippen LogP contribution in [0.2, 0.25) is 0 Å². The number of anilines is 1. The lowest BCUT2D eigenvalue weighted by atomic mass is 9.81. The summed E-state index contributed by atoms with van der Waals surface area (Å²) in [7, 11) is 0. The van der Waals surface area contributed by atoms with Crippen LogP contribution >= 0.6 is 0 Å². The average Bonchev–Trinajstić information content (AvgIpc) is 2.48. The molecule has 20 heavy (non-hydrogen) atoms. The maximum Gasteiger partial charge on any atom is 0.414 e. The van der Waals surface area contributed by atoms with Gasteiger partial charge in [-0.25, -0.2) is 4.79 Å². The lowest BCUT2D eigenvalue weighted by Gasteiger charge is -2.43. The SMILES string of the molecule is NCc1ccc(N2CCC3(CCCCC3)OC2=O)cc1. The summed E-state index contributed by atoms with van der Waals surface area (Å²) in [6.45, 7) is 1.27. The summed E-state index contributed by atoms with van der Waals surface area (Å²) in [5.74, 6) is 0. The van der Waals surface area contributed by atoms with Gasteiger partial charge in [-0.05, 0) is 43.4 Å². The number of carbonyl (C=O) groups excluding carboxylic acids is 1. The van der Waals surface area contributed by atoms with Crippen molar-refractivity contribution in [1.29, 1.82) is 0 Å². The summed E-state index contributed by atoms with van der Waals surface area (Å²) in [4.78, 5) is 14.0. The van der Waals surface area contributed by atoms with Crippen LogP contribution in [-0.2, 0) is 11.3 Å². The highest BCUT2D eigenvalue weighted by Crippen LogP contribution is 2.38. The Morgan fingerprint density at radius 2 is 1.80 bits per heavy atom. The Bertz CT molecular complexity index is 478. The van der Waals surface area contributed by atoms with Gasteiger partial charge in [0.05, 0.1) is 0 Å². The van der Waals surface area contributed by atoms with Gasteiger partial charge in [0.1, 0.15) is 5.60 Å². The van der Waals surface area contributed by atoms with Crippen molar-refractivity contribution < 1.29 is 9.53 Å².